The molecule has 1 aromatic heterocycles. The van der Waals surface area contributed by atoms with E-state index in [1.54, 1.807) is 17.0 Å². The van der Waals surface area contributed by atoms with E-state index < -0.39 is 5.60 Å². The first-order valence-corrected chi connectivity index (χ1v) is 10.7. The third-order valence-corrected chi connectivity index (χ3v) is 5.31. The van der Waals surface area contributed by atoms with Crippen molar-refractivity contribution in [3.63, 3.8) is 0 Å². The van der Waals surface area contributed by atoms with Crippen LogP contribution in [0.5, 0.6) is 0 Å². The number of halogens is 1. The van der Waals surface area contributed by atoms with Gasteiger partial charge in [0.05, 0.1) is 17.6 Å². The van der Waals surface area contributed by atoms with Crippen LogP contribution < -0.4 is 5.32 Å². The largest absolute Gasteiger partial charge is 0.444 e. The first kappa shape index (κ1) is 21.2. The molecule has 0 radical (unpaired) electrons. The first-order valence-electron chi connectivity index (χ1n) is 10.7. The van der Waals surface area contributed by atoms with Crippen LogP contribution in [-0.4, -0.2) is 45.3 Å². The fourth-order valence-electron chi connectivity index (χ4n) is 3.89. The number of aromatic nitrogens is 2. The number of imidazole rings is 1. The molecule has 0 saturated carbocycles. The summed E-state index contributed by atoms with van der Waals surface area (Å²) in [4.78, 5) is 19.1. The van der Waals surface area contributed by atoms with Crippen LogP contribution in [0.25, 0.3) is 11.0 Å². The molecule has 1 N–H and O–H groups in total. The van der Waals surface area contributed by atoms with Crippen molar-refractivity contribution in [2.24, 2.45) is 0 Å². The summed E-state index contributed by atoms with van der Waals surface area (Å²) < 4.78 is 21.0. The van der Waals surface area contributed by atoms with Gasteiger partial charge < -0.3 is 19.5 Å². The molecule has 0 unspecified atom stereocenters. The number of fused-ring (bicyclic) bond motifs is 1. The number of carbonyl (C=O) groups is 1. The maximum atomic E-state index is 13.3. The maximum Gasteiger partial charge on any atom is 0.410 e. The summed E-state index contributed by atoms with van der Waals surface area (Å²) in [6.45, 7) is 7.46. The molecule has 2 heterocycles. The van der Waals surface area contributed by atoms with E-state index in [-0.39, 0.29) is 18.0 Å². The van der Waals surface area contributed by atoms with Gasteiger partial charge in [0.1, 0.15) is 11.4 Å². The second-order valence-electron chi connectivity index (χ2n) is 9.05. The van der Waals surface area contributed by atoms with Gasteiger partial charge in [-0.2, -0.15) is 0 Å². The second kappa shape index (κ2) is 8.57. The molecule has 1 atom stereocenters. The fourth-order valence-corrected chi connectivity index (χ4v) is 3.89. The number of amides is 1. The number of hydrogen-bond acceptors (Lipinski definition) is 4. The Labute approximate surface area is 182 Å². The van der Waals surface area contributed by atoms with Crippen molar-refractivity contribution in [1.82, 2.24) is 14.5 Å². The molecule has 3 aromatic rings. The van der Waals surface area contributed by atoms with E-state index >= 15 is 0 Å². The molecule has 1 aliphatic rings. The molecule has 1 amide bonds. The third kappa shape index (κ3) is 5.16. The quantitative estimate of drug-likeness (QED) is 0.638. The Bertz CT molecular complexity index is 1060. The molecule has 1 saturated heterocycles. The van der Waals surface area contributed by atoms with E-state index in [2.05, 4.69) is 9.88 Å². The van der Waals surface area contributed by atoms with E-state index in [0.717, 1.165) is 35.4 Å². The van der Waals surface area contributed by atoms with Crippen LogP contribution in [0.15, 0.2) is 48.5 Å². The topological polar surface area (TPSA) is 59.4 Å². The second-order valence-corrected chi connectivity index (χ2v) is 9.05. The molecule has 0 aliphatic carbocycles. The van der Waals surface area contributed by atoms with E-state index in [4.69, 9.17) is 9.72 Å². The molecule has 1 fully saturated rings. The average molecular weight is 425 g/mol. The van der Waals surface area contributed by atoms with Gasteiger partial charge in [0.2, 0.25) is 5.95 Å². The maximum absolute atomic E-state index is 13.3. The first-order chi connectivity index (χ1) is 14.8. The normalized spacial score (nSPS) is 17.0. The van der Waals surface area contributed by atoms with Crippen LogP contribution in [0.3, 0.4) is 0 Å². The van der Waals surface area contributed by atoms with Gasteiger partial charge in [0, 0.05) is 19.1 Å². The Morgan fingerprint density at radius 2 is 1.94 bits per heavy atom. The van der Waals surface area contributed by atoms with Crippen LogP contribution in [0.1, 0.15) is 39.2 Å². The third-order valence-electron chi connectivity index (χ3n) is 5.31. The Balaban J connectivity index is 1.55. The summed E-state index contributed by atoms with van der Waals surface area (Å²) >= 11 is 0. The minimum absolute atomic E-state index is 0.0741. The number of carbonyl (C=O) groups excluding carboxylic acids is 1. The smallest absolute Gasteiger partial charge is 0.410 e. The average Bonchev–Trinajstić information content (AvgIpc) is 3.06. The van der Waals surface area contributed by atoms with Crippen molar-refractivity contribution in [1.29, 1.82) is 0 Å². The van der Waals surface area contributed by atoms with E-state index in [0.29, 0.717) is 19.6 Å². The van der Waals surface area contributed by atoms with Crippen LogP contribution in [0.4, 0.5) is 15.1 Å². The molecule has 4 rings (SSSR count). The minimum Gasteiger partial charge on any atom is -0.444 e. The van der Waals surface area contributed by atoms with Gasteiger partial charge in [-0.25, -0.2) is 14.2 Å². The molecular formula is C24H29FN4O2. The lowest BCUT2D eigenvalue weighted by atomic mass is 10.1. The van der Waals surface area contributed by atoms with Gasteiger partial charge in [-0.15, -0.1) is 0 Å². The van der Waals surface area contributed by atoms with Crippen molar-refractivity contribution in [3.05, 3.63) is 59.9 Å². The lowest BCUT2D eigenvalue weighted by Gasteiger charge is -2.34. The number of nitrogens with one attached hydrogen (secondary N) is 1. The van der Waals surface area contributed by atoms with Crippen molar-refractivity contribution < 1.29 is 13.9 Å². The number of rotatable bonds is 4. The Kier molecular flexibility index (Phi) is 5.85. The predicted octanol–water partition coefficient (Wildman–Crippen LogP) is 5.04. The van der Waals surface area contributed by atoms with E-state index in [9.17, 15) is 9.18 Å². The highest BCUT2D eigenvalue weighted by Gasteiger charge is 2.28. The summed E-state index contributed by atoms with van der Waals surface area (Å²) in [5, 5.41) is 3.55. The highest BCUT2D eigenvalue weighted by Crippen LogP contribution is 2.24. The van der Waals surface area contributed by atoms with Gasteiger partial charge in [-0.3, -0.25) is 0 Å². The Hall–Kier alpha value is -3.09. The molecule has 1 aliphatic heterocycles. The standard InChI is InChI=1S/C24H29FN4O2/c1-24(2,3)31-23(30)28-14-6-7-19(16-28)26-22-27-20-8-4-5-9-21(20)29(22)15-17-10-12-18(25)13-11-17/h4-5,8-13,19H,6-7,14-16H2,1-3H3,(H,26,27)/t19-/m1/s1. The van der Waals surface area contributed by atoms with E-state index in [1.165, 1.54) is 12.1 Å². The van der Waals surface area contributed by atoms with Crippen molar-refractivity contribution in [2.45, 2.75) is 51.8 Å². The van der Waals surface area contributed by atoms with Crippen molar-refractivity contribution >= 4 is 23.1 Å². The van der Waals surface area contributed by atoms with E-state index in [1.807, 2.05) is 45.0 Å². The lowest BCUT2D eigenvalue weighted by molar-refractivity contribution is 0.0206. The molecule has 7 heteroatoms. The molecule has 31 heavy (non-hydrogen) atoms. The summed E-state index contributed by atoms with van der Waals surface area (Å²) in [6.07, 6.45) is 1.56. The zero-order valence-corrected chi connectivity index (χ0v) is 18.3. The summed E-state index contributed by atoms with van der Waals surface area (Å²) in [5.74, 6) is 0.503. The lowest BCUT2D eigenvalue weighted by Crippen LogP contribution is -2.47. The predicted molar refractivity (Wildman–Crippen MR) is 120 cm³/mol. The van der Waals surface area contributed by atoms with Gasteiger partial charge in [-0.05, 0) is 63.4 Å². The van der Waals surface area contributed by atoms with Gasteiger partial charge in [-0.1, -0.05) is 24.3 Å². The zero-order chi connectivity index (χ0) is 22.0. The van der Waals surface area contributed by atoms with Crippen LogP contribution >= 0.6 is 0 Å². The Morgan fingerprint density at radius 3 is 2.68 bits per heavy atom. The van der Waals surface area contributed by atoms with Crippen LogP contribution in [0.2, 0.25) is 0 Å². The number of benzene rings is 2. The molecule has 6 nitrogen and oxygen atoms in total. The van der Waals surface area contributed by atoms with Gasteiger partial charge in [0.15, 0.2) is 0 Å². The summed E-state index contributed by atoms with van der Waals surface area (Å²) in [5.41, 5.74) is 2.38. The van der Waals surface area contributed by atoms with Crippen LogP contribution in [-0.2, 0) is 11.3 Å². The SMILES string of the molecule is CC(C)(C)OC(=O)N1CCC[C@@H](Nc2nc3ccccc3n2Cc2ccc(F)cc2)C1. The van der Waals surface area contributed by atoms with Crippen molar-refractivity contribution in [3.8, 4) is 0 Å². The molecule has 0 spiro atoms. The number of anilines is 1. The number of piperidine rings is 1. The number of para-hydroxylation sites is 2. The van der Waals surface area contributed by atoms with Crippen LogP contribution in [0, 0.1) is 5.82 Å². The number of hydrogen-bond donors (Lipinski definition) is 1. The highest BCUT2D eigenvalue weighted by atomic mass is 19.1. The molecule has 2 aromatic carbocycles. The monoisotopic (exact) mass is 424 g/mol. The zero-order valence-electron chi connectivity index (χ0n) is 18.3. The van der Waals surface area contributed by atoms with Crippen molar-refractivity contribution in [2.75, 3.05) is 18.4 Å². The highest BCUT2D eigenvalue weighted by molar-refractivity contribution is 5.79. The summed E-state index contributed by atoms with van der Waals surface area (Å²) in [6, 6.07) is 14.6. The molecule has 0 bridgehead atoms. The Morgan fingerprint density at radius 1 is 1.19 bits per heavy atom. The molecular weight excluding hydrogens is 395 g/mol. The molecule has 164 valence electrons. The number of ether oxygens (including phenoxy) is 1. The summed E-state index contributed by atoms with van der Waals surface area (Å²) in [7, 11) is 0. The number of nitrogens with zero attached hydrogens (tertiary/aromatic N) is 3. The fraction of sp³-hybridized carbons (Fsp3) is 0.417. The number of likely N-dealkylation sites (tertiary alicyclic amines) is 1. The van der Waals surface area contributed by atoms with Gasteiger partial charge in [0.25, 0.3) is 0 Å². The minimum atomic E-state index is -0.513. The van der Waals surface area contributed by atoms with Gasteiger partial charge >= 0.3 is 6.09 Å².